The molecule has 2 amide bonds. The molecule has 1 aromatic heterocycles. The number of hydrogen-bond donors (Lipinski definition) is 2. The van der Waals surface area contributed by atoms with E-state index in [4.69, 9.17) is 9.15 Å². The molecule has 1 fully saturated rings. The van der Waals surface area contributed by atoms with E-state index < -0.39 is 0 Å². The topological polar surface area (TPSA) is 80.6 Å². The van der Waals surface area contributed by atoms with Crippen LogP contribution in [0.15, 0.2) is 58.8 Å². The normalized spacial score (nSPS) is 17.3. The molecule has 1 aliphatic rings. The average molecular weight is 340 g/mol. The molecular formula is C19H20N2O4. The quantitative estimate of drug-likeness (QED) is 0.791. The van der Waals surface area contributed by atoms with Gasteiger partial charge in [0, 0.05) is 24.8 Å². The second kappa shape index (κ2) is 8.30. The van der Waals surface area contributed by atoms with Crippen LogP contribution in [0.4, 0.5) is 0 Å². The van der Waals surface area contributed by atoms with E-state index in [0.717, 1.165) is 19.4 Å². The van der Waals surface area contributed by atoms with E-state index in [1.54, 1.807) is 36.4 Å². The van der Waals surface area contributed by atoms with Crippen molar-refractivity contribution in [3.8, 4) is 0 Å². The Morgan fingerprint density at radius 3 is 2.68 bits per heavy atom. The van der Waals surface area contributed by atoms with Crippen LogP contribution in [0.1, 0.15) is 29.0 Å². The molecular weight excluding hydrogens is 320 g/mol. The molecule has 0 radical (unpaired) electrons. The van der Waals surface area contributed by atoms with Crippen molar-refractivity contribution in [2.45, 2.75) is 18.9 Å². The van der Waals surface area contributed by atoms with Gasteiger partial charge in [0.25, 0.3) is 11.8 Å². The standard InChI is InChI=1S/C19H20N2O4/c22-18(14-6-2-1-3-7-14)21-17(12-15-8-4-10-24-15)19(23)20-13-16-9-5-11-25-16/h1-4,6-8,10,12,16H,5,9,11,13H2,(H,20,23)(H,21,22)/b17-12-/t16-/m1/s1. The van der Waals surface area contributed by atoms with Gasteiger partial charge in [-0.15, -0.1) is 0 Å². The van der Waals surface area contributed by atoms with Gasteiger partial charge in [0.1, 0.15) is 11.5 Å². The van der Waals surface area contributed by atoms with E-state index in [1.807, 2.05) is 6.07 Å². The Kier molecular flexibility index (Phi) is 5.64. The van der Waals surface area contributed by atoms with Crippen molar-refractivity contribution in [3.05, 3.63) is 65.7 Å². The van der Waals surface area contributed by atoms with Crippen LogP contribution in [0.3, 0.4) is 0 Å². The number of carbonyl (C=O) groups is 2. The summed E-state index contributed by atoms with van der Waals surface area (Å²) in [6.07, 6.45) is 4.96. The molecule has 6 heteroatoms. The maximum absolute atomic E-state index is 12.5. The molecule has 2 N–H and O–H groups in total. The van der Waals surface area contributed by atoms with Gasteiger partial charge in [0.15, 0.2) is 0 Å². The van der Waals surface area contributed by atoms with Crippen molar-refractivity contribution < 1.29 is 18.7 Å². The van der Waals surface area contributed by atoms with Gasteiger partial charge >= 0.3 is 0 Å². The molecule has 0 bridgehead atoms. The highest BCUT2D eigenvalue weighted by Gasteiger charge is 2.19. The molecule has 0 unspecified atom stereocenters. The van der Waals surface area contributed by atoms with Gasteiger partial charge in [-0.25, -0.2) is 0 Å². The number of rotatable bonds is 6. The zero-order chi connectivity index (χ0) is 17.5. The van der Waals surface area contributed by atoms with Gasteiger partial charge in [-0.3, -0.25) is 9.59 Å². The lowest BCUT2D eigenvalue weighted by atomic mass is 10.2. The lowest BCUT2D eigenvalue weighted by Gasteiger charge is -2.13. The van der Waals surface area contributed by atoms with Gasteiger partial charge < -0.3 is 19.8 Å². The Hall–Kier alpha value is -2.86. The van der Waals surface area contributed by atoms with Crippen LogP contribution in [-0.4, -0.2) is 31.1 Å². The molecule has 6 nitrogen and oxygen atoms in total. The van der Waals surface area contributed by atoms with Crippen LogP contribution in [0.25, 0.3) is 6.08 Å². The number of nitrogens with one attached hydrogen (secondary N) is 2. The number of carbonyl (C=O) groups excluding carboxylic acids is 2. The van der Waals surface area contributed by atoms with E-state index >= 15 is 0 Å². The van der Waals surface area contributed by atoms with E-state index in [2.05, 4.69) is 10.6 Å². The van der Waals surface area contributed by atoms with E-state index in [1.165, 1.54) is 12.3 Å². The fourth-order valence-electron chi connectivity index (χ4n) is 2.57. The largest absolute Gasteiger partial charge is 0.465 e. The highest BCUT2D eigenvalue weighted by atomic mass is 16.5. The molecule has 3 rings (SSSR count). The Morgan fingerprint density at radius 2 is 2.00 bits per heavy atom. The summed E-state index contributed by atoms with van der Waals surface area (Å²) in [6, 6.07) is 12.2. The lowest BCUT2D eigenvalue weighted by molar-refractivity contribution is -0.118. The molecule has 1 saturated heterocycles. The number of furan rings is 1. The molecule has 1 aliphatic heterocycles. The molecule has 2 heterocycles. The van der Waals surface area contributed by atoms with E-state index in [-0.39, 0.29) is 23.6 Å². The van der Waals surface area contributed by atoms with E-state index in [9.17, 15) is 9.59 Å². The first-order chi connectivity index (χ1) is 12.2. The zero-order valence-corrected chi connectivity index (χ0v) is 13.7. The summed E-state index contributed by atoms with van der Waals surface area (Å²) in [7, 11) is 0. The second-order valence-corrected chi connectivity index (χ2v) is 5.74. The first-order valence-corrected chi connectivity index (χ1v) is 8.24. The van der Waals surface area contributed by atoms with Crippen molar-refractivity contribution in [1.29, 1.82) is 0 Å². The Bertz CT molecular complexity index is 732. The van der Waals surface area contributed by atoms with Crippen LogP contribution in [0, 0.1) is 0 Å². The summed E-state index contributed by atoms with van der Waals surface area (Å²) in [5, 5.41) is 5.46. The zero-order valence-electron chi connectivity index (χ0n) is 13.7. The predicted molar refractivity (Wildman–Crippen MR) is 92.6 cm³/mol. The minimum atomic E-state index is -0.379. The molecule has 0 spiro atoms. The van der Waals surface area contributed by atoms with Gasteiger partial charge in [0.05, 0.1) is 12.4 Å². The Morgan fingerprint density at radius 1 is 1.16 bits per heavy atom. The summed E-state index contributed by atoms with van der Waals surface area (Å²) in [5.74, 6) is -0.252. The van der Waals surface area contributed by atoms with Crippen molar-refractivity contribution in [1.82, 2.24) is 10.6 Å². The third-order valence-corrected chi connectivity index (χ3v) is 3.87. The highest BCUT2D eigenvalue weighted by Crippen LogP contribution is 2.11. The van der Waals surface area contributed by atoms with Crippen LogP contribution in [-0.2, 0) is 9.53 Å². The number of hydrogen-bond acceptors (Lipinski definition) is 4. The number of amides is 2. The van der Waals surface area contributed by atoms with Crippen molar-refractivity contribution in [3.63, 3.8) is 0 Å². The second-order valence-electron chi connectivity index (χ2n) is 5.74. The molecule has 1 aromatic carbocycles. The molecule has 1 atom stereocenters. The van der Waals surface area contributed by atoms with Gasteiger partial charge in [-0.2, -0.15) is 0 Å². The summed E-state index contributed by atoms with van der Waals surface area (Å²) < 4.78 is 10.7. The minimum Gasteiger partial charge on any atom is -0.465 e. The molecule has 25 heavy (non-hydrogen) atoms. The Labute approximate surface area is 145 Å². The fraction of sp³-hybridized carbons (Fsp3) is 0.263. The van der Waals surface area contributed by atoms with E-state index in [0.29, 0.717) is 17.9 Å². The third-order valence-electron chi connectivity index (χ3n) is 3.87. The summed E-state index contributed by atoms with van der Waals surface area (Å²) in [5.41, 5.74) is 0.599. The predicted octanol–water partition coefficient (Wildman–Crippen LogP) is 2.35. The first kappa shape index (κ1) is 17.0. The third kappa shape index (κ3) is 4.81. The molecule has 130 valence electrons. The van der Waals surface area contributed by atoms with Crippen LogP contribution in [0.5, 0.6) is 0 Å². The van der Waals surface area contributed by atoms with Gasteiger partial charge in [-0.1, -0.05) is 18.2 Å². The van der Waals surface area contributed by atoms with Crippen molar-refractivity contribution in [2.75, 3.05) is 13.2 Å². The fourth-order valence-corrected chi connectivity index (χ4v) is 2.57. The number of benzene rings is 1. The highest BCUT2D eigenvalue weighted by molar-refractivity contribution is 6.05. The maximum Gasteiger partial charge on any atom is 0.268 e. The first-order valence-electron chi connectivity index (χ1n) is 8.24. The Balaban J connectivity index is 1.70. The monoisotopic (exact) mass is 340 g/mol. The van der Waals surface area contributed by atoms with Crippen molar-refractivity contribution >= 4 is 17.9 Å². The number of ether oxygens (including phenoxy) is 1. The molecule has 0 aliphatic carbocycles. The summed E-state index contributed by atoms with van der Waals surface area (Å²) >= 11 is 0. The maximum atomic E-state index is 12.5. The summed E-state index contributed by atoms with van der Waals surface area (Å²) in [4.78, 5) is 24.9. The smallest absolute Gasteiger partial charge is 0.268 e. The summed E-state index contributed by atoms with van der Waals surface area (Å²) in [6.45, 7) is 1.13. The van der Waals surface area contributed by atoms with Gasteiger partial charge in [0.2, 0.25) is 0 Å². The molecule has 2 aromatic rings. The van der Waals surface area contributed by atoms with Crippen LogP contribution < -0.4 is 10.6 Å². The average Bonchev–Trinajstić information content (AvgIpc) is 3.33. The molecule has 0 saturated carbocycles. The van der Waals surface area contributed by atoms with Crippen LogP contribution >= 0.6 is 0 Å². The minimum absolute atomic E-state index is 0.0265. The van der Waals surface area contributed by atoms with Crippen LogP contribution in [0.2, 0.25) is 0 Å². The van der Waals surface area contributed by atoms with Crippen molar-refractivity contribution in [2.24, 2.45) is 0 Å². The SMILES string of the molecule is O=C(NC[C@H]1CCCO1)/C(=C/c1ccco1)NC(=O)c1ccccc1. The lowest BCUT2D eigenvalue weighted by Crippen LogP contribution is -2.38. The van der Waals surface area contributed by atoms with Gasteiger partial charge in [-0.05, 0) is 37.1 Å².